The average molecular weight is 220 g/mol. The minimum atomic E-state index is 0.422. The van der Waals surface area contributed by atoms with Gasteiger partial charge in [-0.1, -0.05) is 6.92 Å². The molecule has 0 aromatic carbocycles. The van der Waals surface area contributed by atoms with E-state index in [0.29, 0.717) is 12.0 Å². The van der Waals surface area contributed by atoms with Crippen molar-refractivity contribution >= 4 is 0 Å². The minimum absolute atomic E-state index is 0.422. The van der Waals surface area contributed by atoms with Gasteiger partial charge in [0.25, 0.3) is 0 Å². The van der Waals surface area contributed by atoms with E-state index in [4.69, 9.17) is 4.74 Å². The van der Waals surface area contributed by atoms with Crippen molar-refractivity contribution in [2.45, 2.75) is 25.8 Å². The number of hydrogen-bond acceptors (Lipinski definition) is 3. The molecule has 0 aliphatic carbocycles. The third-order valence-corrected chi connectivity index (χ3v) is 3.12. The van der Waals surface area contributed by atoms with Gasteiger partial charge < -0.3 is 10.1 Å². The first kappa shape index (κ1) is 11.6. The minimum Gasteiger partial charge on any atom is -0.381 e. The normalized spacial score (nSPS) is 22.2. The lowest BCUT2D eigenvalue weighted by Gasteiger charge is -2.24. The number of ether oxygens (including phenoxy) is 1. The largest absolute Gasteiger partial charge is 0.381 e. The van der Waals surface area contributed by atoms with Gasteiger partial charge in [0.15, 0.2) is 0 Å². The lowest BCUT2D eigenvalue weighted by molar-refractivity contribution is 0.176. The number of rotatable bonds is 5. The zero-order valence-electron chi connectivity index (χ0n) is 9.86. The van der Waals surface area contributed by atoms with Gasteiger partial charge in [-0.15, -0.1) is 0 Å². The fourth-order valence-corrected chi connectivity index (χ4v) is 2.24. The molecule has 0 amide bonds. The predicted molar refractivity (Wildman–Crippen MR) is 64.2 cm³/mol. The quantitative estimate of drug-likeness (QED) is 0.825. The van der Waals surface area contributed by atoms with Gasteiger partial charge in [0.1, 0.15) is 0 Å². The van der Waals surface area contributed by atoms with Gasteiger partial charge in [0, 0.05) is 31.0 Å². The molecule has 2 atom stereocenters. The van der Waals surface area contributed by atoms with Gasteiger partial charge in [0.2, 0.25) is 0 Å². The Balaban J connectivity index is 2.07. The number of nitrogens with one attached hydrogen (secondary N) is 1. The Morgan fingerprint density at radius 2 is 2.31 bits per heavy atom. The maximum Gasteiger partial charge on any atom is 0.0513 e. The lowest BCUT2D eigenvalue weighted by Crippen LogP contribution is -2.29. The summed E-state index contributed by atoms with van der Waals surface area (Å²) in [7, 11) is 0. The number of nitrogens with zero attached hydrogens (tertiary/aromatic N) is 1. The highest BCUT2D eigenvalue weighted by atomic mass is 16.5. The number of pyridine rings is 1. The number of aromatic nitrogens is 1. The molecule has 1 N–H and O–H groups in total. The molecule has 1 fully saturated rings. The smallest absolute Gasteiger partial charge is 0.0513 e. The first-order valence-electron chi connectivity index (χ1n) is 6.13. The van der Waals surface area contributed by atoms with E-state index in [9.17, 15) is 0 Å². The summed E-state index contributed by atoms with van der Waals surface area (Å²) in [5.41, 5.74) is 1.33. The van der Waals surface area contributed by atoms with E-state index in [2.05, 4.69) is 29.4 Å². The molecule has 1 aromatic rings. The van der Waals surface area contributed by atoms with E-state index in [1.165, 1.54) is 5.56 Å². The van der Waals surface area contributed by atoms with Crippen LogP contribution in [0.25, 0.3) is 0 Å². The van der Waals surface area contributed by atoms with E-state index in [1.807, 2.05) is 12.4 Å². The molecule has 88 valence electrons. The highest BCUT2D eigenvalue weighted by molar-refractivity contribution is 5.16. The topological polar surface area (TPSA) is 34.2 Å². The molecule has 2 heterocycles. The Labute approximate surface area is 97.2 Å². The van der Waals surface area contributed by atoms with Crippen LogP contribution < -0.4 is 5.32 Å². The van der Waals surface area contributed by atoms with E-state index in [1.54, 1.807) is 0 Å². The van der Waals surface area contributed by atoms with E-state index in [0.717, 1.165) is 32.6 Å². The molecular weight excluding hydrogens is 200 g/mol. The van der Waals surface area contributed by atoms with Crippen LogP contribution in [0.3, 0.4) is 0 Å². The summed E-state index contributed by atoms with van der Waals surface area (Å²) in [6, 6.07) is 4.63. The lowest BCUT2D eigenvalue weighted by atomic mass is 9.93. The van der Waals surface area contributed by atoms with Crippen LogP contribution >= 0.6 is 0 Å². The van der Waals surface area contributed by atoms with Crippen LogP contribution in [0.4, 0.5) is 0 Å². The molecule has 2 rings (SSSR count). The third kappa shape index (κ3) is 2.80. The van der Waals surface area contributed by atoms with E-state index < -0.39 is 0 Å². The first-order valence-corrected chi connectivity index (χ1v) is 6.13. The fraction of sp³-hybridized carbons (Fsp3) is 0.615. The molecule has 1 aromatic heterocycles. The predicted octanol–water partition coefficient (Wildman–Crippen LogP) is 2.16. The maximum atomic E-state index is 5.48. The molecule has 16 heavy (non-hydrogen) atoms. The Morgan fingerprint density at radius 3 is 2.94 bits per heavy atom. The SMILES string of the molecule is CCCNC(c1ccncc1)C1CCOC1. The van der Waals surface area contributed by atoms with Crippen molar-refractivity contribution in [2.24, 2.45) is 5.92 Å². The van der Waals surface area contributed by atoms with Crippen molar-refractivity contribution in [2.75, 3.05) is 19.8 Å². The summed E-state index contributed by atoms with van der Waals surface area (Å²) in [4.78, 5) is 4.08. The van der Waals surface area contributed by atoms with Crippen LogP contribution in [0, 0.1) is 5.92 Å². The molecular formula is C13H20N2O. The van der Waals surface area contributed by atoms with Gasteiger partial charge in [-0.3, -0.25) is 4.98 Å². The monoisotopic (exact) mass is 220 g/mol. The maximum absolute atomic E-state index is 5.48. The van der Waals surface area contributed by atoms with Crippen LogP contribution in [0.5, 0.6) is 0 Å². The summed E-state index contributed by atoms with van der Waals surface area (Å²) in [5.74, 6) is 0.606. The zero-order valence-corrected chi connectivity index (χ0v) is 9.86. The Bertz CT molecular complexity index is 296. The summed E-state index contributed by atoms with van der Waals surface area (Å²) >= 11 is 0. The van der Waals surface area contributed by atoms with Crippen LogP contribution in [0.2, 0.25) is 0 Å². The van der Waals surface area contributed by atoms with Gasteiger partial charge in [-0.25, -0.2) is 0 Å². The Morgan fingerprint density at radius 1 is 1.50 bits per heavy atom. The molecule has 0 radical (unpaired) electrons. The average Bonchev–Trinajstić information content (AvgIpc) is 2.85. The van der Waals surface area contributed by atoms with Crippen molar-refractivity contribution in [1.29, 1.82) is 0 Å². The molecule has 0 saturated carbocycles. The molecule has 3 heteroatoms. The van der Waals surface area contributed by atoms with Gasteiger partial charge in [-0.05, 0) is 37.1 Å². The summed E-state index contributed by atoms with van der Waals surface area (Å²) in [6.45, 7) is 5.04. The molecule has 0 spiro atoms. The van der Waals surface area contributed by atoms with Crippen molar-refractivity contribution in [3.8, 4) is 0 Å². The summed E-state index contributed by atoms with van der Waals surface area (Å²) < 4.78 is 5.48. The van der Waals surface area contributed by atoms with Gasteiger partial charge in [0.05, 0.1) is 6.61 Å². The van der Waals surface area contributed by atoms with Crippen LogP contribution in [-0.2, 0) is 4.74 Å². The molecule has 0 bridgehead atoms. The molecule has 1 aliphatic heterocycles. The summed E-state index contributed by atoms with van der Waals surface area (Å²) in [6.07, 6.45) is 6.05. The first-order chi connectivity index (χ1) is 7.92. The number of hydrogen-bond donors (Lipinski definition) is 1. The molecule has 1 aliphatic rings. The second-order valence-electron chi connectivity index (χ2n) is 4.34. The highest BCUT2D eigenvalue weighted by Gasteiger charge is 2.26. The van der Waals surface area contributed by atoms with Crippen LogP contribution in [0.15, 0.2) is 24.5 Å². The summed E-state index contributed by atoms with van der Waals surface area (Å²) in [5, 5.41) is 3.62. The van der Waals surface area contributed by atoms with Crippen molar-refractivity contribution in [3.05, 3.63) is 30.1 Å². The molecule has 2 unspecified atom stereocenters. The Kier molecular flexibility index (Phi) is 4.31. The van der Waals surface area contributed by atoms with Gasteiger partial charge in [-0.2, -0.15) is 0 Å². The fourth-order valence-electron chi connectivity index (χ4n) is 2.24. The third-order valence-electron chi connectivity index (χ3n) is 3.12. The second kappa shape index (κ2) is 5.97. The highest BCUT2D eigenvalue weighted by Crippen LogP contribution is 2.28. The van der Waals surface area contributed by atoms with Crippen molar-refractivity contribution in [1.82, 2.24) is 10.3 Å². The van der Waals surface area contributed by atoms with E-state index in [-0.39, 0.29) is 0 Å². The van der Waals surface area contributed by atoms with Crippen molar-refractivity contribution in [3.63, 3.8) is 0 Å². The Hall–Kier alpha value is -0.930. The van der Waals surface area contributed by atoms with Crippen LogP contribution in [0.1, 0.15) is 31.4 Å². The van der Waals surface area contributed by atoms with Crippen LogP contribution in [-0.4, -0.2) is 24.7 Å². The molecule has 3 nitrogen and oxygen atoms in total. The molecule has 1 saturated heterocycles. The van der Waals surface area contributed by atoms with E-state index >= 15 is 0 Å². The van der Waals surface area contributed by atoms with Crippen molar-refractivity contribution < 1.29 is 4.74 Å². The second-order valence-corrected chi connectivity index (χ2v) is 4.34. The standard InChI is InChI=1S/C13H20N2O/c1-2-6-15-13(12-5-9-16-10-12)11-3-7-14-8-4-11/h3-4,7-8,12-13,15H,2,5-6,9-10H2,1H3. The van der Waals surface area contributed by atoms with Gasteiger partial charge >= 0.3 is 0 Å². The zero-order chi connectivity index (χ0) is 11.2.